The molecule has 28 heavy (non-hydrogen) atoms. The van der Waals surface area contributed by atoms with Crippen molar-refractivity contribution in [2.75, 3.05) is 6.61 Å². The fraction of sp³-hybridized carbons (Fsp3) is 0.208. The molecule has 0 atom stereocenters. The third kappa shape index (κ3) is 5.02. The Kier molecular flexibility index (Phi) is 6.53. The first kappa shape index (κ1) is 20.2. The van der Waals surface area contributed by atoms with Gasteiger partial charge < -0.3 is 9.47 Å². The fourth-order valence-electron chi connectivity index (χ4n) is 3.07. The van der Waals surface area contributed by atoms with E-state index in [-0.39, 0.29) is 6.61 Å². The van der Waals surface area contributed by atoms with Crippen LogP contribution in [0.25, 0.3) is 11.1 Å². The van der Waals surface area contributed by atoms with Gasteiger partial charge in [0.1, 0.15) is 11.5 Å². The topological polar surface area (TPSA) is 35.5 Å². The lowest BCUT2D eigenvalue weighted by atomic mass is 9.98. The molecule has 0 radical (unpaired) electrons. The van der Waals surface area contributed by atoms with Gasteiger partial charge in [-0.15, -0.1) is 0 Å². The number of aryl methyl sites for hydroxylation is 1. The maximum Gasteiger partial charge on any atom is 0.349 e. The number of benzene rings is 3. The van der Waals surface area contributed by atoms with E-state index in [1.807, 2.05) is 67.6 Å². The molecule has 0 aliphatic heterocycles. The van der Waals surface area contributed by atoms with Crippen molar-refractivity contribution in [1.29, 1.82) is 0 Å². The molecule has 0 bridgehead atoms. The molecule has 0 spiro atoms. The Morgan fingerprint density at radius 2 is 1.71 bits per heavy atom. The van der Waals surface area contributed by atoms with Gasteiger partial charge in [-0.3, -0.25) is 0 Å². The second kappa shape index (κ2) is 9.07. The number of rotatable bonds is 6. The molecule has 4 heteroatoms. The lowest BCUT2D eigenvalue weighted by molar-refractivity contribution is -0.136. The lowest BCUT2D eigenvalue weighted by Gasteiger charge is -2.13. The minimum Gasteiger partial charge on any atom is -0.482 e. The predicted octanol–water partition coefficient (Wildman–Crippen LogP) is 6.53. The minimum atomic E-state index is -0.446. The molecule has 3 aromatic carbocycles. The third-order valence-corrected chi connectivity index (χ3v) is 5.10. The van der Waals surface area contributed by atoms with Gasteiger partial charge in [0.25, 0.3) is 0 Å². The van der Waals surface area contributed by atoms with Gasteiger partial charge in [-0.2, -0.15) is 0 Å². The summed E-state index contributed by atoms with van der Waals surface area (Å²) >= 11 is 3.48. The van der Waals surface area contributed by atoms with Crippen molar-refractivity contribution in [2.45, 2.75) is 26.7 Å². The van der Waals surface area contributed by atoms with Crippen LogP contribution in [-0.2, 0) is 4.79 Å². The van der Waals surface area contributed by atoms with Gasteiger partial charge >= 0.3 is 5.97 Å². The molecule has 3 aromatic rings. The highest BCUT2D eigenvalue weighted by Gasteiger charge is 2.11. The number of halogens is 1. The van der Waals surface area contributed by atoms with Gasteiger partial charge in [0.05, 0.1) is 4.47 Å². The van der Waals surface area contributed by atoms with Crippen LogP contribution in [0.15, 0.2) is 71.2 Å². The van der Waals surface area contributed by atoms with Crippen LogP contribution >= 0.6 is 15.9 Å². The van der Waals surface area contributed by atoms with E-state index in [0.29, 0.717) is 17.4 Å². The van der Waals surface area contributed by atoms with Crippen molar-refractivity contribution in [3.8, 4) is 22.6 Å². The predicted molar refractivity (Wildman–Crippen MR) is 116 cm³/mol. The van der Waals surface area contributed by atoms with Crippen LogP contribution in [-0.4, -0.2) is 12.6 Å². The molecule has 0 fully saturated rings. The van der Waals surface area contributed by atoms with E-state index >= 15 is 0 Å². The summed E-state index contributed by atoms with van der Waals surface area (Å²) in [5.74, 6) is 1.14. The summed E-state index contributed by atoms with van der Waals surface area (Å²) in [4.78, 5) is 12.2. The van der Waals surface area contributed by atoms with Crippen molar-refractivity contribution in [1.82, 2.24) is 0 Å². The van der Waals surface area contributed by atoms with E-state index in [9.17, 15) is 4.79 Å². The molecule has 0 aliphatic carbocycles. The van der Waals surface area contributed by atoms with E-state index in [1.165, 1.54) is 5.56 Å². The van der Waals surface area contributed by atoms with Gasteiger partial charge in [-0.25, -0.2) is 4.79 Å². The van der Waals surface area contributed by atoms with E-state index in [4.69, 9.17) is 9.47 Å². The zero-order valence-corrected chi connectivity index (χ0v) is 17.8. The molecule has 0 aliphatic rings. The van der Waals surface area contributed by atoms with Crippen LogP contribution in [0, 0.1) is 6.92 Å². The van der Waals surface area contributed by atoms with Gasteiger partial charge in [-0.05, 0) is 75.3 Å². The standard InChI is InChI=1S/C24H23BrO3/c1-16(2)21-11-10-20(13-17(21)3)27-15-24(26)28-23-12-9-19(14-22(23)25)18-7-5-4-6-8-18/h4-14,16H,15H2,1-3H3. The highest BCUT2D eigenvalue weighted by atomic mass is 79.9. The summed E-state index contributed by atoms with van der Waals surface area (Å²) in [5.41, 5.74) is 4.58. The van der Waals surface area contributed by atoms with Crippen LogP contribution < -0.4 is 9.47 Å². The molecule has 3 nitrogen and oxygen atoms in total. The summed E-state index contributed by atoms with van der Waals surface area (Å²) < 4.78 is 11.8. The largest absolute Gasteiger partial charge is 0.482 e. The van der Waals surface area contributed by atoms with Crippen molar-refractivity contribution >= 4 is 21.9 Å². The smallest absolute Gasteiger partial charge is 0.349 e. The molecule has 3 rings (SSSR count). The molecule has 0 aromatic heterocycles. The first-order valence-corrected chi connectivity index (χ1v) is 10.0. The highest BCUT2D eigenvalue weighted by Crippen LogP contribution is 2.31. The van der Waals surface area contributed by atoms with E-state index < -0.39 is 5.97 Å². The lowest BCUT2D eigenvalue weighted by Crippen LogP contribution is -2.18. The first-order valence-electron chi connectivity index (χ1n) is 9.23. The van der Waals surface area contributed by atoms with Crippen LogP contribution in [0.5, 0.6) is 11.5 Å². The van der Waals surface area contributed by atoms with Gasteiger partial charge in [-0.1, -0.05) is 56.3 Å². The average molecular weight is 439 g/mol. The summed E-state index contributed by atoms with van der Waals surface area (Å²) in [6.45, 7) is 6.21. The van der Waals surface area contributed by atoms with Crippen molar-refractivity contribution < 1.29 is 14.3 Å². The average Bonchev–Trinajstić information content (AvgIpc) is 2.68. The Hall–Kier alpha value is -2.59. The van der Waals surface area contributed by atoms with Crippen LogP contribution in [0.1, 0.15) is 30.9 Å². The normalized spacial score (nSPS) is 10.8. The van der Waals surface area contributed by atoms with Gasteiger partial charge in [0, 0.05) is 0 Å². The van der Waals surface area contributed by atoms with E-state index in [0.717, 1.165) is 21.2 Å². The molecular weight excluding hydrogens is 416 g/mol. The number of carbonyl (C=O) groups excluding carboxylic acids is 1. The summed E-state index contributed by atoms with van der Waals surface area (Å²) in [5, 5.41) is 0. The molecule has 0 saturated heterocycles. The molecule has 144 valence electrons. The maximum atomic E-state index is 12.2. The van der Waals surface area contributed by atoms with Crippen molar-refractivity contribution in [2.24, 2.45) is 0 Å². The van der Waals surface area contributed by atoms with E-state index in [2.05, 4.69) is 29.8 Å². The molecule has 0 unspecified atom stereocenters. The van der Waals surface area contributed by atoms with Crippen molar-refractivity contribution in [3.63, 3.8) is 0 Å². The molecule has 0 heterocycles. The van der Waals surface area contributed by atoms with Gasteiger partial charge in [0.2, 0.25) is 0 Å². The Morgan fingerprint density at radius 3 is 2.36 bits per heavy atom. The zero-order chi connectivity index (χ0) is 20.1. The summed E-state index contributed by atoms with van der Waals surface area (Å²) in [6.07, 6.45) is 0. The first-order chi connectivity index (χ1) is 13.4. The third-order valence-electron chi connectivity index (χ3n) is 4.48. The van der Waals surface area contributed by atoms with Crippen molar-refractivity contribution in [3.05, 3.63) is 82.3 Å². The Morgan fingerprint density at radius 1 is 0.964 bits per heavy atom. The molecular formula is C24H23BrO3. The zero-order valence-electron chi connectivity index (χ0n) is 16.2. The second-order valence-corrected chi connectivity index (χ2v) is 7.80. The van der Waals surface area contributed by atoms with Gasteiger partial charge in [0.15, 0.2) is 6.61 Å². The van der Waals surface area contributed by atoms with E-state index in [1.54, 1.807) is 6.07 Å². The summed E-state index contributed by atoms with van der Waals surface area (Å²) in [7, 11) is 0. The quantitative estimate of drug-likeness (QED) is 0.324. The second-order valence-electron chi connectivity index (χ2n) is 6.95. The van der Waals surface area contributed by atoms with Crippen LogP contribution in [0.4, 0.5) is 0 Å². The maximum absolute atomic E-state index is 12.2. The Labute approximate surface area is 174 Å². The number of hydrogen-bond donors (Lipinski definition) is 0. The van der Waals surface area contributed by atoms with Crippen LogP contribution in [0.3, 0.4) is 0 Å². The molecule has 0 N–H and O–H groups in total. The SMILES string of the molecule is Cc1cc(OCC(=O)Oc2ccc(-c3ccccc3)cc2Br)ccc1C(C)C. The molecule has 0 amide bonds. The Bertz CT molecular complexity index is 965. The number of ether oxygens (including phenoxy) is 2. The minimum absolute atomic E-state index is 0.145. The monoisotopic (exact) mass is 438 g/mol. The number of hydrogen-bond acceptors (Lipinski definition) is 3. The molecule has 0 saturated carbocycles. The number of carbonyl (C=O) groups is 1. The fourth-order valence-corrected chi connectivity index (χ4v) is 3.53. The summed E-state index contributed by atoms with van der Waals surface area (Å²) in [6, 6.07) is 21.6. The number of esters is 1. The van der Waals surface area contributed by atoms with Crippen LogP contribution in [0.2, 0.25) is 0 Å². The Balaban J connectivity index is 1.61. The highest BCUT2D eigenvalue weighted by molar-refractivity contribution is 9.10.